The third-order valence-corrected chi connectivity index (χ3v) is 3.24. The van der Waals surface area contributed by atoms with E-state index in [9.17, 15) is 9.18 Å². The van der Waals surface area contributed by atoms with Gasteiger partial charge in [0.1, 0.15) is 11.3 Å². The van der Waals surface area contributed by atoms with Gasteiger partial charge in [0.2, 0.25) is 5.91 Å². The van der Waals surface area contributed by atoms with E-state index < -0.39 is 0 Å². The van der Waals surface area contributed by atoms with Gasteiger partial charge < -0.3 is 9.88 Å². The summed E-state index contributed by atoms with van der Waals surface area (Å²) < 4.78 is 15.5. The van der Waals surface area contributed by atoms with Gasteiger partial charge in [-0.15, -0.1) is 11.6 Å². The van der Waals surface area contributed by atoms with Gasteiger partial charge >= 0.3 is 0 Å². The lowest BCUT2D eigenvalue weighted by atomic mass is 10.1. The minimum absolute atomic E-state index is 0.0544. The van der Waals surface area contributed by atoms with Crippen molar-refractivity contribution in [3.8, 4) is 0 Å². The third kappa shape index (κ3) is 3.73. The van der Waals surface area contributed by atoms with Crippen LogP contribution in [0, 0.1) is 5.82 Å². The summed E-state index contributed by atoms with van der Waals surface area (Å²) in [6.07, 6.45) is 0.295. The number of aromatic nitrogens is 2. The van der Waals surface area contributed by atoms with Crippen LogP contribution in [0.5, 0.6) is 0 Å². The summed E-state index contributed by atoms with van der Waals surface area (Å²) in [6.45, 7) is 6.20. The number of para-hydroxylation sites is 1. The lowest BCUT2D eigenvalue weighted by Crippen LogP contribution is -2.40. The molecule has 0 aliphatic heterocycles. The van der Waals surface area contributed by atoms with Crippen LogP contribution in [0.4, 0.5) is 4.39 Å². The van der Waals surface area contributed by atoms with Crippen molar-refractivity contribution in [3.05, 3.63) is 29.8 Å². The minimum atomic E-state index is -0.378. The van der Waals surface area contributed by atoms with Crippen molar-refractivity contribution in [1.29, 1.82) is 0 Å². The second-order valence-electron chi connectivity index (χ2n) is 5.97. The summed E-state index contributed by atoms with van der Waals surface area (Å²) in [5.41, 5.74) is 0.689. The summed E-state index contributed by atoms with van der Waals surface area (Å²) in [7, 11) is 0. The van der Waals surface area contributed by atoms with E-state index in [2.05, 4.69) is 10.3 Å². The second-order valence-corrected chi connectivity index (χ2v) is 6.24. The highest BCUT2D eigenvalue weighted by molar-refractivity contribution is 6.16. The standard InChI is InChI=1S/C15H19ClFN3O/c1-15(2,3)19-13(21)7-8-20-11-6-4-5-10(17)14(11)18-12(20)9-16/h4-6H,7-9H2,1-3H3,(H,19,21). The van der Waals surface area contributed by atoms with Crippen molar-refractivity contribution in [2.24, 2.45) is 0 Å². The number of fused-ring (bicyclic) bond motifs is 1. The second kappa shape index (κ2) is 6.02. The Labute approximate surface area is 128 Å². The Kier molecular flexibility index (Phi) is 4.52. The zero-order chi connectivity index (χ0) is 15.6. The minimum Gasteiger partial charge on any atom is -0.351 e. The Hall–Kier alpha value is -1.62. The molecule has 1 N–H and O–H groups in total. The van der Waals surface area contributed by atoms with Gasteiger partial charge in [-0.1, -0.05) is 6.07 Å². The predicted molar refractivity (Wildman–Crippen MR) is 81.8 cm³/mol. The van der Waals surface area contributed by atoms with Gasteiger partial charge in [-0.2, -0.15) is 0 Å². The predicted octanol–water partition coefficient (Wildman–Crippen LogP) is 3.22. The molecule has 2 aromatic rings. The third-order valence-electron chi connectivity index (χ3n) is 3.01. The number of hydrogen-bond acceptors (Lipinski definition) is 2. The highest BCUT2D eigenvalue weighted by atomic mass is 35.5. The van der Waals surface area contributed by atoms with Gasteiger partial charge in [-0.3, -0.25) is 4.79 Å². The summed E-state index contributed by atoms with van der Waals surface area (Å²) in [5, 5.41) is 2.90. The van der Waals surface area contributed by atoms with E-state index in [0.29, 0.717) is 29.8 Å². The van der Waals surface area contributed by atoms with Crippen LogP contribution in [0.3, 0.4) is 0 Å². The lowest BCUT2D eigenvalue weighted by molar-refractivity contribution is -0.122. The van der Waals surface area contributed by atoms with Gasteiger partial charge in [-0.25, -0.2) is 9.37 Å². The molecule has 4 nitrogen and oxygen atoms in total. The van der Waals surface area contributed by atoms with Crippen molar-refractivity contribution in [1.82, 2.24) is 14.9 Å². The van der Waals surface area contributed by atoms with E-state index >= 15 is 0 Å². The van der Waals surface area contributed by atoms with Gasteiger partial charge in [0, 0.05) is 18.5 Å². The molecule has 1 aromatic carbocycles. The van der Waals surface area contributed by atoms with E-state index in [-0.39, 0.29) is 23.1 Å². The summed E-state index contributed by atoms with van der Waals surface area (Å²) in [5.74, 6) is 0.313. The fourth-order valence-electron chi connectivity index (χ4n) is 2.21. The molecule has 114 valence electrons. The lowest BCUT2D eigenvalue weighted by Gasteiger charge is -2.20. The number of alkyl halides is 1. The fourth-order valence-corrected chi connectivity index (χ4v) is 2.41. The first kappa shape index (κ1) is 15.8. The van der Waals surface area contributed by atoms with Crippen LogP contribution in [0.2, 0.25) is 0 Å². The topological polar surface area (TPSA) is 46.9 Å². The summed E-state index contributed by atoms with van der Waals surface area (Å²) in [6, 6.07) is 4.77. The average Bonchev–Trinajstić information content (AvgIpc) is 2.73. The Morgan fingerprint density at radius 3 is 2.76 bits per heavy atom. The number of hydrogen-bond donors (Lipinski definition) is 1. The van der Waals surface area contributed by atoms with Crippen molar-refractivity contribution in [2.45, 2.75) is 45.2 Å². The number of rotatable bonds is 4. The highest BCUT2D eigenvalue weighted by Gasteiger charge is 2.16. The SMILES string of the molecule is CC(C)(C)NC(=O)CCn1c(CCl)nc2c(F)cccc21. The summed E-state index contributed by atoms with van der Waals surface area (Å²) >= 11 is 5.87. The molecule has 0 aliphatic rings. The molecule has 0 fully saturated rings. The monoisotopic (exact) mass is 311 g/mol. The Balaban J connectivity index is 2.22. The van der Waals surface area contributed by atoms with E-state index in [0.717, 1.165) is 0 Å². The largest absolute Gasteiger partial charge is 0.351 e. The summed E-state index contributed by atoms with van der Waals surface area (Å²) in [4.78, 5) is 16.1. The molecule has 21 heavy (non-hydrogen) atoms. The normalized spacial score (nSPS) is 11.9. The molecule has 0 unspecified atom stereocenters. The number of nitrogens with zero attached hydrogens (tertiary/aromatic N) is 2. The molecular formula is C15H19ClFN3O. The van der Waals surface area contributed by atoms with Crippen LogP contribution >= 0.6 is 11.6 Å². The van der Waals surface area contributed by atoms with Crippen LogP contribution < -0.4 is 5.32 Å². The highest BCUT2D eigenvalue weighted by Crippen LogP contribution is 2.20. The molecule has 0 bridgehead atoms. The van der Waals surface area contributed by atoms with Gasteiger partial charge in [0.15, 0.2) is 5.82 Å². The van der Waals surface area contributed by atoms with E-state index in [4.69, 9.17) is 11.6 Å². The number of carbonyl (C=O) groups excluding carboxylic acids is 1. The Morgan fingerprint density at radius 2 is 2.14 bits per heavy atom. The molecule has 0 aliphatic carbocycles. The molecule has 0 spiro atoms. The molecule has 0 radical (unpaired) electrons. The molecular weight excluding hydrogens is 293 g/mol. The molecule has 0 saturated carbocycles. The average molecular weight is 312 g/mol. The molecule has 2 rings (SSSR count). The molecule has 0 atom stereocenters. The Bertz CT molecular complexity index is 661. The van der Waals surface area contributed by atoms with Crippen LogP contribution in [0.25, 0.3) is 11.0 Å². The first-order valence-corrected chi connectivity index (χ1v) is 7.36. The maximum atomic E-state index is 13.7. The number of benzene rings is 1. The smallest absolute Gasteiger partial charge is 0.222 e. The number of nitrogens with one attached hydrogen (secondary N) is 1. The van der Waals surface area contributed by atoms with E-state index in [1.807, 2.05) is 20.8 Å². The number of imidazole rings is 1. The fraction of sp³-hybridized carbons (Fsp3) is 0.467. The van der Waals surface area contributed by atoms with Crippen molar-refractivity contribution >= 4 is 28.5 Å². The maximum Gasteiger partial charge on any atom is 0.222 e. The van der Waals surface area contributed by atoms with E-state index in [1.54, 1.807) is 16.7 Å². The quantitative estimate of drug-likeness (QED) is 0.881. The van der Waals surface area contributed by atoms with Crippen molar-refractivity contribution < 1.29 is 9.18 Å². The van der Waals surface area contributed by atoms with Crippen LogP contribution in [-0.2, 0) is 17.2 Å². The van der Waals surface area contributed by atoms with E-state index in [1.165, 1.54) is 6.07 Å². The van der Waals surface area contributed by atoms with Crippen molar-refractivity contribution in [2.75, 3.05) is 0 Å². The Morgan fingerprint density at radius 1 is 1.43 bits per heavy atom. The first-order valence-electron chi connectivity index (χ1n) is 6.82. The molecule has 1 aromatic heterocycles. The van der Waals surface area contributed by atoms with Crippen LogP contribution in [0.1, 0.15) is 33.0 Å². The molecule has 1 amide bonds. The zero-order valence-electron chi connectivity index (χ0n) is 12.4. The first-order chi connectivity index (χ1) is 9.81. The zero-order valence-corrected chi connectivity index (χ0v) is 13.2. The number of aryl methyl sites for hydroxylation is 1. The molecule has 0 saturated heterocycles. The molecule has 1 heterocycles. The maximum absolute atomic E-state index is 13.7. The van der Waals surface area contributed by atoms with Gasteiger partial charge in [0.25, 0.3) is 0 Å². The van der Waals surface area contributed by atoms with Gasteiger partial charge in [-0.05, 0) is 32.9 Å². The van der Waals surface area contributed by atoms with Crippen LogP contribution in [0.15, 0.2) is 18.2 Å². The van der Waals surface area contributed by atoms with Crippen LogP contribution in [-0.4, -0.2) is 21.0 Å². The van der Waals surface area contributed by atoms with Crippen molar-refractivity contribution in [3.63, 3.8) is 0 Å². The van der Waals surface area contributed by atoms with Gasteiger partial charge in [0.05, 0.1) is 11.4 Å². The number of carbonyl (C=O) groups is 1. The number of amides is 1. The number of halogens is 2. The molecule has 6 heteroatoms.